The van der Waals surface area contributed by atoms with E-state index < -0.39 is 6.67 Å². The van der Waals surface area contributed by atoms with Crippen molar-refractivity contribution in [2.45, 2.75) is 6.54 Å². The number of pyridine rings is 2. The molecule has 0 saturated carbocycles. The van der Waals surface area contributed by atoms with Crippen molar-refractivity contribution in [3.8, 4) is 22.6 Å². The number of hydrogen-bond donors (Lipinski definition) is 1. The van der Waals surface area contributed by atoms with E-state index >= 15 is 0 Å². The maximum absolute atomic E-state index is 12.5. The first-order valence-electron chi connectivity index (χ1n) is 9.37. The summed E-state index contributed by atoms with van der Waals surface area (Å²) in [5.74, 6) is 0.301. The summed E-state index contributed by atoms with van der Waals surface area (Å²) < 4.78 is 21.6. The van der Waals surface area contributed by atoms with E-state index in [1.165, 1.54) is 0 Å². The van der Waals surface area contributed by atoms with Crippen molar-refractivity contribution in [3.63, 3.8) is 0 Å². The number of nitrogens with one attached hydrogen (secondary N) is 1. The van der Waals surface area contributed by atoms with E-state index in [9.17, 15) is 4.39 Å². The summed E-state index contributed by atoms with van der Waals surface area (Å²) in [6, 6.07) is 3.72. The molecule has 156 valence electrons. The van der Waals surface area contributed by atoms with E-state index in [0.717, 1.165) is 16.5 Å². The molecule has 0 unspecified atom stereocenters. The molecule has 0 atom stereocenters. The summed E-state index contributed by atoms with van der Waals surface area (Å²) in [5, 5.41) is 14.0. The van der Waals surface area contributed by atoms with E-state index in [1.807, 2.05) is 19.3 Å². The van der Waals surface area contributed by atoms with Gasteiger partial charge in [0.1, 0.15) is 12.3 Å². The molecule has 0 aliphatic heterocycles. The number of hydrogen-bond acceptors (Lipinski definition) is 6. The molecule has 31 heavy (non-hydrogen) atoms. The Kier molecular flexibility index (Phi) is 4.83. The fourth-order valence-electron chi connectivity index (χ4n) is 3.21. The number of aromatic nitrogens is 7. The number of nitrogens with zero attached hydrogens (tertiary/aromatic N) is 7. The summed E-state index contributed by atoms with van der Waals surface area (Å²) in [7, 11) is 1.86. The van der Waals surface area contributed by atoms with Gasteiger partial charge in [0.05, 0.1) is 28.7 Å². The van der Waals surface area contributed by atoms with Gasteiger partial charge < -0.3 is 14.0 Å². The van der Waals surface area contributed by atoms with Crippen LogP contribution in [-0.4, -0.2) is 41.2 Å². The van der Waals surface area contributed by atoms with E-state index in [4.69, 9.17) is 16.0 Å². The van der Waals surface area contributed by atoms with Crippen LogP contribution in [0.2, 0.25) is 5.02 Å². The van der Waals surface area contributed by atoms with Crippen molar-refractivity contribution in [1.82, 2.24) is 34.5 Å². The molecule has 5 rings (SSSR count). The van der Waals surface area contributed by atoms with Crippen molar-refractivity contribution < 1.29 is 8.81 Å². The van der Waals surface area contributed by atoms with Gasteiger partial charge in [-0.2, -0.15) is 10.1 Å². The Morgan fingerprint density at radius 1 is 1.23 bits per heavy atom. The maximum Gasteiger partial charge on any atom is 0.343 e. The van der Waals surface area contributed by atoms with Crippen LogP contribution in [0.4, 0.5) is 10.4 Å². The Labute approximate surface area is 179 Å². The van der Waals surface area contributed by atoms with Crippen molar-refractivity contribution >= 4 is 28.6 Å². The maximum atomic E-state index is 12.5. The third-order valence-electron chi connectivity index (χ3n) is 4.72. The number of fused-ring (bicyclic) bond motifs is 1. The first-order valence-corrected chi connectivity index (χ1v) is 9.75. The molecule has 0 saturated heterocycles. The zero-order chi connectivity index (χ0) is 21.4. The van der Waals surface area contributed by atoms with Gasteiger partial charge >= 0.3 is 6.01 Å². The number of halogens is 2. The Hall–Kier alpha value is -3.79. The fourth-order valence-corrected chi connectivity index (χ4v) is 3.44. The first kappa shape index (κ1) is 19.2. The van der Waals surface area contributed by atoms with E-state index in [0.29, 0.717) is 27.5 Å². The minimum atomic E-state index is -0.480. The summed E-state index contributed by atoms with van der Waals surface area (Å²) in [4.78, 5) is 11.9. The third-order valence-corrected chi connectivity index (χ3v) is 5.01. The molecule has 0 fully saturated rings. The Morgan fingerprint density at radius 2 is 2.13 bits per heavy atom. The van der Waals surface area contributed by atoms with Gasteiger partial charge in [0.15, 0.2) is 0 Å². The highest BCUT2D eigenvalue weighted by Crippen LogP contribution is 2.31. The van der Waals surface area contributed by atoms with Crippen molar-refractivity contribution in [3.05, 3.63) is 59.7 Å². The largest absolute Gasteiger partial charge is 0.402 e. The standard InChI is InChI=1S/C20H16ClFN8O/c1-29-10-13(8-25-29)12-6-14-15(9-24-18(14)23-7-12)19-27-28-20(31-19)26-17-2-4-30(5-3-22)11-16(17)21/h2,4,6-11H,3,5H2,1H3,(H,23,24)/b26-17-. The minimum absolute atomic E-state index is 0.0610. The molecule has 0 amide bonds. The lowest BCUT2D eigenvalue weighted by Crippen LogP contribution is -2.08. The van der Waals surface area contributed by atoms with E-state index in [-0.39, 0.29) is 12.6 Å². The Morgan fingerprint density at radius 3 is 2.90 bits per heavy atom. The quantitative estimate of drug-likeness (QED) is 0.451. The highest BCUT2D eigenvalue weighted by molar-refractivity contribution is 6.30. The second-order valence-corrected chi connectivity index (χ2v) is 7.24. The number of aryl methyl sites for hydroxylation is 2. The van der Waals surface area contributed by atoms with Gasteiger partial charge in [-0.15, -0.1) is 5.10 Å². The Balaban J connectivity index is 1.51. The summed E-state index contributed by atoms with van der Waals surface area (Å²) in [6.45, 7) is -0.257. The zero-order valence-corrected chi connectivity index (χ0v) is 17.1. The average Bonchev–Trinajstić information content (AvgIpc) is 3.49. The lowest BCUT2D eigenvalue weighted by atomic mass is 10.1. The molecular weight excluding hydrogens is 423 g/mol. The summed E-state index contributed by atoms with van der Waals surface area (Å²) in [6.07, 6.45) is 10.5. The smallest absolute Gasteiger partial charge is 0.343 e. The predicted molar refractivity (Wildman–Crippen MR) is 112 cm³/mol. The van der Waals surface area contributed by atoms with Crippen LogP contribution in [0.15, 0.2) is 58.7 Å². The van der Waals surface area contributed by atoms with Crippen LogP contribution < -0.4 is 5.36 Å². The number of aromatic amines is 1. The second-order valence-electron chi connectivity index (χ2n) is 6.83. The van der Waals surface area contributed by atoms with Gasteiger partial charge in [0.2, 0.25) is 0 Å². The average molecular weight is 439 g/mol. The molecule has 0 aliphatic carbocycles. The van der Waals surface area contributed by atoms with Crippen molar-refractivity contribution in [2.75, 3.05) is 6.67 Å². The molecule has 1 N–H and O–H groups in total. The second kappa shape index (κ2) is 7.80. The summed E-state index contributed by atoms with van der Waals surface area (Å²) in [5.41, 5.74) is 3.28. The van der Waals surface area contributed by atoms with Crippen LogP contribution in [0.1, 0.15) is 0 Å². The van der Waals surface area contributed by atoms with Crippen LogP contribution in [0, 0.1) is 0 Å². The van der Waals surface area contributed by atoms with Crippen LogP contribution in [0.3, 0.4) is 0 Å². The topological polar surface area (TPSA) is 103 Å². The minimum Gasteiger partial charge on any atom is -0.402 e. The van der Waals surface area contributed by atoms with Gasteiger partial charge in [0, 0.05) is 54.5 Å². The summed E-state index contributed by atoms with van der Waals surface area (Å²) >= 11 is 6.23. The molecule has 9 nitrogen and oxygen atoms in total. The molecule has 0 aliphatic rings. The van der Waals surface area contributed by atoms with Gasteiger partial charge in [-0.25, -0.2) is 9.37 Å². The molecule has 5 aromatic rings. The van der Waals surface area contributed by atoms with Gasteiger partial charge in [0.25, 0.3) is 5.89 Å². The molecule has 0 bridgehead atoms. The zero-order valence-electron chi connectivity index (χ0n) is 16.3. The monoisotopic (exact) mass is 438 g/mol. The lowest BCUT2D eigenvalue weighted by Gasteiger charge is -2.02. The SMILES string of the molecule is Cn1cc(-c2cnc3[nH]cc(-c4nnc(/N=c5/ccn(CCF)cc5Cl)o4)c3c2)cn1. The van der Waals surface area contributed by atoms with Gasteiger partial charge in [-0.1, -0.05) is 16.7 Å². The van der Waals surface area contributed by atoms with Gasteiger partial charge in [-0.3, -0.25) is 4.68 Å². The Bertz CT molecular complexity index is 1450. The van der Waals surface area contributed by atoms with Crippen LogP contribution in [0.25, 0.3) is 33.6 Å². The molecule has 5 heterocycles. The fraction of sp³-hybridized carbons (Fsp3) is 0.150. The van der Waals surface area contributed by atoms with Crippen LogP contribution in [-0.2, 0) is 13.6 Å². The molecule has 11 heteroatoms. The molecule has 0 radical (unpaired) electrons. The van der Waals surface area contributed by atoms with Crippen LogP contribution >= 0.6 is 11.6 Å². The number of H-pyrrole nitrogens is 1. The van der Waals surface area contributed by atoms with Gasteiger partial charge in [-0.05, 0) is 12.1 Å². The molecule has 0 aromatic carbocycles. The van der Waals surface area contributed by atoms with Crippen molar-refractivity contribution in [2.24, 2.45) is 12.0 Å². The first-order chi connectivity index (χ1) is 15.1. The molecule has 0 spiro atoms. The molecule has 5 aromatic heterocycles. The highest BCUT2D eigenvalue weighted by Gasteiger charge is 2.15. The normalized spacial score (nSPS) is 12.2. The third kappa shape index (κ3) is 3.73. The highest BCUT2D eigenvalue weighted by atomic mass is 35.5. The number of alkyl halides is 1. The van der Waals surface area contributed by atoms with E-state index in [2.05, 4.69) is 30.3 Å². The number of rotatable bonds is 5. The molecular formula is C20H16ClFN8O. The van der Waals surface area contributed by atoms with Crippen LogP contribution in [0.5, 0.6) is 0 Å². The van der Waals surface area contributed by atoms with E-state index in [1.54, 1.807) is 46.3 Å². The predicted octanol–water partition coefficient (Wildman–Crippen LogP) is 3.67. The lowest BCUT2D eigenvalue weighted by molar-refractivity contribution is 0.444. The van der Waals surface area contributed by atoms with Crippen molar-refractivity contribution in [1.29, 1.82) is 0 Å².